The molecule has 0 saturated heterocycles. The van der Waals surface area contributed by atoms with Gasteiger partial charge in [0.2, 0.25) is 15.9 Å². The minimum Gasteiger partial charge on any atom is -0.383 e. The number of para-hydroxylation sites is 1. The van der Waals surface area contributed by atoms with E-state index in [1.165, 1.54) is 7.11 Å². The Labute approximate surface area is 124 Å². The van der Waals surface area contributed by atoms with Crippen LogP contribution in [0, 0.1) is 11.3 Å². The SMILES string of the molecule is COCCN(CC(=O)Nc1ccccc1C#N)S(C)(=O)=O. The molecule has 0 atom stereocenters. The molecule has 0 fully saturated rings. The highest BCUT2D eigenvalue weighted by Crippen LogP contribution is 2.13. The van der Waals surface area contributed by atoms with Gasteiger partial charge in [-0.1, -0.05) is 12.1 Å². The standard InChI is InChI=1S/C13H17N3O4S/c1-20-8-7-16(21(2,18)19)10-13(17)15-12-6-4-3-5-11(12)9-14/h3-6H,7-8,10H2,1-2H3,(H,15,17). The van der Waals surface area contributed by atoms with Crippen molar-refractivity contribution in [1.82, 2.24) is 4.31 Å². The molecule has 0 aliphatic rings. The third-order valence-electron chi connectivity index (χ3n) is 2.66. The van der Waals surface area contributed by atoms with E-state index in [-0.39, 0.29) is 19.7 Å². The highest BCUT2D eigenvalue weighted by atomic mass is 32.2. The molecule has 1 aromatic carbocycles. The molecule has 1 rings (SSSR count). The van der Waals surface area contributed by atoms with Gasteiger partial charge in [-0.25, -0.2) is 8.42 Å². The highest BCUT2D eigenvalue weighted by Gasteiger charge is 2.20. The molecular weight excluding hydrogens is 294 g/mol. The van der Waals surface area contributed by atoms with Gasteiger partial charge in [-0.3, -0.25) is 4.79 Å². The summed E-state index contributed by atoms with van der Waals surface area (Å²) in [6, 6.07) is 8.45. The summed E-state index contributed by atoms with van der Waals surface area (Å²) in [6.07, 6.45) is 1.03. The summed E-state index contributed by atoms with van der Waals surface area (Å²) < 4.78 is 29.0. The van der Waals surface area contributed by atoms with Gasteiger partial charge < -0.3 is 10.1 Å². The first kappa shape index (κ1) is 17.1. The first-order valence-corrected chi connectivity index (χ1v) is 7.96. The first-order valence-electron chi connectivity index (χ1n) is 6.11. The number of anilines is 1. The van der Waals surface area contributed by atoms with Gasteiger partial charge in [0.05, 0.1) is 30.7 Å². The number of hydrogen-bond donors (Lipinski definition) is 1. The van der Waals surface area contributed by atoms with Gasteiger partial charge in [0.1, 0.15) is 6.07 Å². The largest absolute Gasteiger partial charge is 0.383 e. The Morgan fingerprint density at radius 2 is 2.10 bits per heavy atom. The fraction of sp³-hybridized carbons (Fsp3) is 0.385. The van der Waals surface area contributed by atoms with E-state index in [2.05, 4.69) is 5.32 Å². The van der Waals surface area contributed by atoms with Gasteiger partial charge in [0, 0.05) is 13.7 Å². The van der Waals surface area contributed by atoms with Crippen LogP contribution in [0.1, 0.15) is 5.56 Å². The van der Waals surface area contributed by atoms with Gasteiger partial charge >= 0.3 is 0 Å². The Morgan fingerprint density at radius 3 is 2.67 bits per heavy atom. The number of nitrogens with zero attached hydrogens (tertiary/aromatic N) is 2. The van der Waals surface area contributed by atoms with E-state index in [0.717, 1.165) is 10.6 Å². The maximum Gasteiger partial charge on any atom is 0.239 e. The Morgan fingerprint density at radius 1 is 1.43 bits per heavy atom. The number of nitrogens with one attached hydrogen (secondary N) is 1. The van der Waals surface area contributed by atoms with Crippen molar-refractivity contribution in [3.8, 4) is 6.07 Å². The van der Waals surface area contributed by atoms with Gasteiger partial charge in [0.25, 0.3) is 0 Å². The second-order valence-electron chi connectivity index (χ2n) is 4.29. The number of benzene rings is 1. The van der Waals surface area contributed by atoms with E-state index in [9.17, 15) is 13.2 Å². The molecule has 0 heterocycles. The lowest BCUT2D eigenvalue weighted by Gasteiger charge is -2.19. The predicted molar refractivity (Wildman–Crippen MR) is 78.1 cm³/mol. The third kappa shape index (κ3) is 5.51. The topological polar surface area (TPSA) is 99.5 Å². The second kappa shape index (κ2) is 7.73. The van der Waals surface area contributed by atoms with Crippen LogP contribution in [-0.2, 0) is 19.6 Å². The van der Waals surface area contributed by atoms with Crippen molar-refractivity contribution < 1.29 is 17.9 Å². The number of nitriles is 1. The molecule has 0 radical (unpaired) electrons. The van der Waals surface area contributed by atoms with E-state index in [1.54, 1.807) is 24.3 Å². The van der Waals surface area contributed by atoms with Crippen LogP contribution < -0.4 is 5.32 Å². The van der Waals surface area contributed by atoms with Crippen LogP contribution in [0.3, 0.4) is 0 Å². The Hall–Kier alpha value is -1.95. The Balaban J connectivity index is 2.77. The maximum atomic E-state index is 11.9. The Bertz CT molecular complexity index is 637. The lowest BCUT2D eigenvalue weighted by Crippen LogP contribution is -2.39. The van der Waals surface area contributed by atoms with Gasteiger partial charge in [-0.05, 0) is 12.1 Å². The van der Waals surface area contributed by atoms with Gasteiger partial charge in [-0.15, -0.1) is 0 Å². The average Bonchev–Trinajstić information content (AvgIpc) is 2.42. The summed E-state index contributed by atoms with van der Waals surface area (Å²) >= 11 is 0. The quantitative estimate of drug-likeness (QED) is 0.786. The molecule has 21 heavy (non-hydrogen) atoms. The molecule has 0 unspecified atom stereocenters. The van der Waals surface area contributed by atoms with E-state index in [4.69, 9.17) is 10.00 Å². The zero-order chi connectivity index (χ0) is 15.9. The van der Waals surface area contributed by atoms with E-state index >= 15 is 0 Å². The molecule has 0 aromatic heterocycles. The molecule has 1 N–H and O–H groups in total. The molecular formula is C13H17N3O4S. The lowest BCUT2D eigenvalue weighted by molar-refractivity contribution is -0.116. The monoisotopic (exact) mass is 311 g/mol. The van der Waals surface area contributed by atoms with Crippen molar-refractivity contribution in [2.24, 2.45) is 0 Å². The van der Waals surface area contributed by atoms with Crippen molar-refractivity contribution in [2.45, 2.75) is 0 Å². The number of rotatable bonds is 7. The van der Waals surface area contributed by atoms with Crippen molar-refractivity contribution in [1.29, 1.82) is 5.26 Å². The number of carbonyl (C=O) groups excluding carboxylic acids is 1. The maximum absolute atomic E-state index is 11.9. The molecule has 0 aliphatic carbocycles. The number of hydrogen-bond acceptors (Lipinski definition) is 5. The summed E-state index contributed by atoms with van der Waals surface area (Å²) in [5.41, 5.74) is 0.666. The van der Waals surface area contributed by atoms with Crippen LogP contribution in [0.2, 0.25) is 0 Å². The van der Waals surface area contributed by atoms with Crippen LogP contribution in [0.4, 0.5) is 5.69 Å². The molecule has 1 aromatic rings. The molecule has 0 spiro atoms. The van der Waals surface area contributed by atoms with Crippen LogP contribution in [0.15, 0.2) is 24.3 Å². The van der Waals surface area contributed by atoms with Gasteiger partial charge in [-0.2, -0.15) is 9.57 Å². The van der Waals surface area contributed by atoms with Crippen LogP contribution in [0.5, 0.6) is 0 Å². The fourth-order valence-electron chi connectivity index (χ4n) is 1.59. The second-order valence-corrected chi connectivity index (χ2v) is 6.28. The molecule has 8 heteroatoms. The van der Waals surface area contributed by atoms with Gasteiger partial charge in [0.15, 0.2) is 0 Å². The number of methoxy groups -OCH3 is 1. The van der Waals surface area contributed by atoms with E-state index in [0.29, 0.717) is 11.3 Å². The van der Waals surface area contributed by atoms with Crippen molar-refractivity contribution in [2.75, 3.05) is 38.4 Å². The number of sulfonamides is 1. The van der Waals surface area contributed by atoms with Crippen LogP contribution in [-0.4, -0.2) is 51.7 Å². The number of ether oxygens (including phenoxy) is 1. The summed E-state index contributed by atoms with van der Waals surface area (Å²) in [7, 11) is -2.06. The zero-order valence-corrected chi connectivity index (χ0v) is 12.7. The minimum atomic E-state index is -3.51. The summed E-state index contributed by atoms with van der Waals surface area (Å²) in [5.74, 6) is -0.515. The number of carbonyl (C=O) groups is 1. The van der Waals surface area contributed by atoms with E-state index in [1.807, 2.05) is 6.07 Å². The number of amides is 1. The average molecular weight is 311 g/mol. The normalized spacial score (nSPS) is 11.1. The smallest absolute Gasteiger partial charge is 0.239 e. The molecule has 0 bridgehead atoms. The van der Waals surface area contributed by atoms with Crippen molar-refractivity contribution in [3.05, 3.63) is 29.8 Å². The lowest BCUT2D eigenvalue weighted by atomic mass is 10.2. The minimum absolute atomic E-state index is 0.0860. The van der Waals surface area contributed by atoms with Crippen LogP contribution >= 0.6 is 0 Å². The molecule has 0 saturated carbocycles. The van der Waals surface area contributed by atoms with E-state index < -0.39 is 15.9 Å². The highest BCUT2D eigenvalue weighted by molar-refractivity contribution is 7.88. The molecule has 7 nitrogen and oxygen atoms in total. The predicted octanol–water partition coefficient (Wildman–Crippen LogP) is 0.405. The summed E-state index contributed by atoms with van der Waals surface area (Å²) in [6.45, 7) is -0.0558. The third-order valence-corrected chi connectivity index (χ3v) is 3.91. The van der Waals surface area contributed by atoms with Crippen molar-refractivity contribution >= 4 is 21.6 Å². The first-order chi connectivity index (χ1) is 9.88. The molecule has 114 valence electrons. The summed E-state index contributed by atoms with van der Waals surface area (Å²) in [5, 5.41) is 11.5. The van der Waals surface area contributed by atoms with Crippen LogP contribution in [0.25, 0.3) is 0 Å². The molecule has 1 amide bonds. The van der Waals surface area contributed by atoms with Crippen molar-refractivity contribution in [3.63, 3.8) is 0 Å². The fourth-order valence-corrected chi connectivity index (χ4v) is 2.35. The summed E-state index contributed by atoms with van der Waals surface area (Å²) in [4.78, 5) is 11.9. The molecule has 0 aliphatic heterocycles. The zero-order valence-electron chi connectivity index (χ0n) is 11.9. The Kier molecular flexibility index (Phi) is 6.30.